The zero-order chi connectivity index (χ0) is 16.8. The van der Waals surface area contributed by atoms with E-state index in [-0.39, 0.29) is 18.0 Å². The Bertz CT molecular complexity index is 681. The van der Waals surface area contributed by atoms with Crippen LogP contribution in [0.3, 0.4) is 0 Å². The maximum absolute atomic E-state index is 11.9. The van der Waals surface area contributed by atoms with Gasteiger partial charge in [0.05, 0.1) is 18.7 Å². The van der Waals surface area contributed by atoms with Crippen LogP contribution in [0.15, 0.2) is 30.6 Å². The summed E-state index contributed by atoms with van der Waals surface area (Å²) in [5, 5.41) is 13.3. The molecule has 2 rings (SSSR count). The van der Waals surface area contributed by atoms with Crippen molar-refractivity contribution in [3.8, 4) is 0 Å². The van der Waals surface area contributed by atoms with E-state index in [1.165, 1.54) is 7.11 Å². The second-order valence-electron chi connectivity index (χ2n) is 5.04. The summed E-state index contributed by atoms with van der Waals surface area (Å²) in [5.41, 5.74) is 1.34. The molecule has 0 aliphatic carbocycles. The standard InChI is InChI=1S/C15H19N5O3/c1-10(13-19-17-9-20(13)2)18-15(22)16-8-11-4-6-12(7-5-11)14(21)23-3/h4-7,9-10H,8H2,1-3H3,(H2,16,18,22). The van der Waals surface area contributed by atoms with Gasteiger partial charge in [-0.2, -0.15) is 0 Å². The minimum absolute atomic E-state index is 0.260. The van der Waals surface area contributed by atoms with Crippen LogP contribution in [0.1, 0.15) is 34.7 Å². The van der Waals surface area contributed by atoms with E-state index in [2.05, 4.69) is 25.6 Å². The monoisotopic (exact) mass is 317 g/mol. The molecule has 0 saturated heterocycles. The van der Waals surface area contributed by atoms with Gasteiger partial charge in [-0.25, -0.2) is 9.59 Å². The van der Waals surface area contributed by atoms with Gasteiger partial charge in [0.15, 0.2) is 5.82 Å². The van der Waals surface area contributed by atoms with Gasteiger partial charge >= 0.3 is 12.0 Å². The molecule has 2 aromatic rings. The Hall–Kier alpha value is -2.90. The first-order valence-corrected chi connectivity index (χ1v) is 7.06. The van der Waals surface area contributed by atoms with E-state index < -0.39 is 0 Å². The topological polar surface area (TPSA) is 98.1 Å². The average Bonchev–Trinajstić information content (AvgIpc) is 2.99. The summed E-state index contributed by atoms with van der Waals surface area (Å²) in [4.78, 5) is 23.2. The number of hydrogen-bond donors (Lipinski definition) is 2. The molecule has 1 aromatic heterocycles. The number of nitrogens with zero attached hydrogens (tertiary/aromatic N) is 3. The highest BCUT2D eigenvalue weighted by Gasteiger charge is 2.13. The fourth-order valence-electron chi connectivity index (χ4n) is 2.06. The van der Waals surface area contributed by atoms with Crippen molar-refractivity contribution in [1.82, 2.24) is 25.4 Å². The molecule has 1 atom stereocenters. The molecule has 2 amide bonds. The van der Waals surface area contributed by atoms with E-state index in [1.807, 2.05) is 14.0 Å². The van der Waals surface area contributed by atoms with Gasteiger partial charge in [-0.15, -0.1) is 10.2 Å². The number of aromatic nitrogens is 3. The molecule has 0 aliphatic rings. The Morgan fingerprint density at radius 1 is 1.30 bits per heavy atom. The number of urea groups is 1. The zero-order valence-corrected chi connectivity index (χ0v) is 13.2. The third-order valence-corrected chi connectivity index (χ3v) is 3.31. The maximum atomic E-state index is 11.9. The van der Waals surface area contributed by atoms with Crippen molar-refractivity contribution < 1.29 is 14.3 Å². The summed E-state index contributed by atoms with van der Waals surface area (Å²) in [5.74, 6) is 0.280. The lowest BCUT2D eigenvalue weighted by atomic mass is 10.1. The van der Waals surface area contributed by atoms with Gasteiger partial charge in [-0.3, -0.25) is 0 Å². The number of carbonyl (C=O) groups excluding carboxylic acids is 2. The normalized spacial score (nSPS) is 11.6. The molecule has 1 aromatic carbocycles. The highest BCUT2D eigenvalue weighted by atomic mass is 16.5. The Balaban J connectivity index is 1.84. The van der Waals surface area contributed by atoms with Crippen LogP contribution in [-0.2, 0) is 18.3 Å². The molecule has 2 N–H and O–H groups in total. The maximum Gasteiger partial charge on any atom is 0.337 e. The number of hydrogen-bond acceptors (Lipinski definition) is 5. The van der Waals surface area contributed by atoms with Crippen molar-refractivity contribution in [2.45, 2.75) is 19.5 Å². The van der Waals surface area contributed by atoms with Crippen LogP contribution in [-0.4, -0.2) is 33.9 Å². The quantitative estimate of drug-likeness (QED) is 0.806. The molecule has 0 saturated carbocycles. The van der Waals surface area contributed by atoms with Crippen molar-refractivity contribution in [1.29, 1.82) is 0 Å². The molecule has 8 nitrogen and oxygen atoms in total. The predicted octanol–water partition coefficient (Wildman–Crippen LogP) is 1.16. The summed E-state index contributed by atoms with van der Waals surface area (Å²) >= 11 is 0. The first-order chi connectivity index (χ1) is 11.0. The van der Waals surface area contributed by atoms with Crippen LogP contribution in [0.25, 0.3) is 0 Å². The lowest BCUT2D eigenvalue weighted by Gasteiger charge is -2.14. The lowest BCUT2D eigenvalue weighted by molar-refractivity contribution is 0.0600. The van der Waals surface area contributed by atoms with E-state index in [1.54, 1.807) is 35.2 Å². The van der Waals surface area contributed by atoms with Gasteiger partial charge in [0.1, 0.15) is 6.33 Å². The molecule has 122 valence electrons. The second-order valence-corrected chi connectivity index (χ2v) is 5.04. The molecule has 0 fully saturated rings. The van der Waals surface area contributed by atoms with Crippen LogP contribution in [0, 0.1) is 0 Å². The van der Waals surface area contributed by atoms with Crippen LogP contribution in [0.4, 0.5) is 4.79 Å². The van der Waals surface area contributed by atoms with Gasteiger partial charge in [0, 0.05) is 13.6 Å². The summed E-state index contributed by atoms with van der Waals surface area (Å²) in [6.07, 6.45) is 1.58. The number of esters is 1. The fraction of sp³-hybridized carbons (Fsp3) is 0.333. The largest absolute Gasteiger partial charge is 0.465 e. The Labute approximate surface area is 133 Å². The fourth-order valence-corrected chi connectivity index (χ4v) is 2.06. The van der Waals surface area contributed by atoms with Crippen molar-refractivity contribution in [3.05, 3.63) is 47.5 Å². The minimum Gasteiger partial charge on any atom is -0.465 e. The number of benzene rings is 1. The van der Waals surface area contributed by atoms with Crippen molar-refractivity contribution in [2.75, 3.05) is 7.11 Å². The van der Waals surface area contributed by atoms with Crippen LogP contribution < -0.4 is 10.6 Å². The van der Waals surface area contributed by atoms with E-state index in [0.29, 0.717) is 17.9 Å². The van der Waals surface area contributed by atoms with Gasteiger partial charge in [-0.05, 0) is 24.6 Å². The summed E-state index contributed by atoms with van der Waals surface area (Å²) in [6.45, 7) is 2.17. The van der Waals surface area contributed by atoms with Gasteiger partial charge < -0.3 is 19.9 Å². The van der Waals surface area contributed by atoms with Crippen molar-refractivity contribution in [3.63, 3.8) is 0 Å². The smallest absolute Gasteiger partial charge is 0.337 e. The highest BCUT2D eigenvalue weighted by Crippen LogP contribution is 2.07. The second kappa shape index (κ2) is 7.39. The predicted molar refractivity (Wildman–Crippen MR) is 82.6 cm³/mol. The zero-order valence-electron chi connectivity index (χ0n) is 13.2. The molecule has 0 aliphatic heterocycles. The molecular weight excluding hydrogens is 298 g/mol. The molecule has 1 heterocycles. The Morgan fingerprint density at radius 3 is 2.57 bits per heavy atom. The average molecular weight is 317 g/mol. The molecule has 0 radical (unpaired) electrons. The van der Waals surface area contributed by atoms with Crippen LogP contribution in [0.2, 0.25) is 0 Å². The van der Waals surface area contributed by atoms with Gasteiger partial charge in [0.2, 0.25) is 0 Å². The molecular formula is C15H19N5O3. The number of carbonyl (C=O) groups is 2. The summed E-state index contributed by atoms with van der Waals surface area (Å²) in [6, 6.07) is 6.27. The first kappa shape index (κ1) is 16.5. The van der Waals surface area contributed by atoms with Gasteiger partial charge in [0.25, 0.3) is 0 Å². The van der Waals surface area contributed by atoms with E-state index in [0.717, 1.165) is 5.56 Å². The SMILES string of the molecule is COC(=O)c1ccc(CNC(=O)NC(C)c2nncn2C)cc1. The van der Waals surface area contributed by atoms with E-state index in [9.17, 15) is 9.59 Å². The van der Waals surface area contributed by atoms with Crippen molar-refractivity contribution in [2.24, 2.45) is 7.05 Å². The third-order valence-electron chi connectivity index (χ3n) is 3.31. The Morgan fingerprint density at radius 2 is 2.00 bits per heavy atom. The number of rotatable bonds is 5. The molecule has 1 unspecified atom stereocenters. The number of amides is 2. The number of aryl methyl sites for hydroxylation is 1. The Kier molecular flexibility index (Phi) is 5.29. The van der Waals surface area contributed by atoms with Crippen molar-refractivity contribution >= 4 is 12.0 Å². The summed E-state index contributed by atoms with van der Waals surface area (Å²) in [7, 11) is 3.15. The molecule has 0 spiro atoms. The van der Waals surface area contributed by atoms with E-state index in [4.69, 9.17) is 0 Å². The first-order valence-electron chi connectivity index (χ1n) is 7.06. The molecule has 8 heteroatoms. The highest BCUT2D eigenvalue weighted by molar-refractivity contribution is 5.89. The summed E-state index contributed by atoms with van der Waals surface area (Å²) < 4.78 is 6.38. The van der Waals surface area contributed by atoms with E-state index >= 15 is 0 Å². The third kappa shape index (κ3) is 4.29. The minimum atomic E-state index is -0.389. The van der Waals surface area contributed by atoms with Crippen LogP contribution in [0.5, 0.6) is 0 Å². The molecule has 0 bridgehead atoms. The van der Waals surface area contributed by atoms with Gasteiger partial charge in [-0.1, -0.05) is 12.1 Å². The number of nitrogens with one attached hydrogen (secondary N) is 2. The molecule has 23 heavy (non-hydrogen) atoms. The number of methoxy groups -OCH3 is 1. The lowest BCUT2D eigenvalue weighted by Crippen LogP contribution is -2.37. The van der Waals surface area contributed by atoms with Crippen LogP contribution >= 0.6 is 0 Å². The number of ether oxygens (including phenoxy) is 1.